The van der Waals surface area contributed by atoms with Crippen molar-refractivity contribution in [2.24, 2.45) is 0 Å². The van der Waals surface area contributed by atoms with Gasteiger partial charge in [-0.2, -0.15) is 0 Å². The van der Waals surface area contributed by atoms with Crippen LogP contribution in [0.15, 0.2) is 24.3 Å². The van der Waals surface area contributed by atoms with E-state index in [1.807, 2.05) is 12.1 Å². The molecule has 0 spiro atoms. The number of ether oxygens (including phenoxy) is 1. The Balaban J connectivity index is 2.71. The van der Waals surface area contributed by atoms with E-state index in [9.17, 15) is 4.79 Å². The molecule has 4 nitrogen and oxygen atoms in total. The van der Waals surface area contributed by atoms with Crippen molar-refractivity contribution < 1.29 is 14.6 Å². The van der Waals surface area contributed by atoms with E-state index in [2.05, 4.69) is 5.32 Å². The van der Waals surface area contributed by atoms with Crippen LogP contribution >= 0.6 is 0 Å². The maximum atomic E-state index is 10.4. The zero-order chi connectivity index (χ0) is 10.6. The molecule has 1 rings (SSSR count). The molecule has 14 heavy (non-hydrogen) atoms. The van der Waals surface area contributed by atoms with E-state index >= 15 is 0 Å². The summed E-state index contributed by atoms with van der Waals surface area (Å²) in [6, 6.07) is 7.06. The molecule has 0 heterocycles. The van der Waals surface area contributed by atoms with Crippen LogP contribution in [0.3, 0.4) is 0 Å². The molecule has 0 aliphatic carbocycles. The predicted octanol–water partition coefficient (Wildman–Crippen LogP) is 2.02. The number of benzene rings is 1. The third-order valence-corrected chi connectivity index (χ3v) is 1.96. The van der Waals surface area contributed by atoms with Gasteiger partial charge in [-0.25, -0.2) is 4.79 Å². The molecule has 1 aromatic rings. The molecule has 0 unspecified atom stereocenters. The normalized spacial score (nSPS) is 11.9. The number of carboxylic acid groups (broad SMARTS) is 1. The van der Waals surface area contributed by atoms with Gasteiger partial charge >= 0.3 is 6.09 Å². The van der Waals surface area contributed by atoms with Crippen LogP contribution in [0.25, 0.3) is 0 Å². The van der Waals surface area contributed by atoms with Crippen LogP contribution < -0.4 is 10.1 Å². The van der Waals surface area contributed by atoms with Gasteiger partial charge in [-0.1, -0.05) is 12.1 Å². The Kier molecular flexibility index (Phi) is 3.34. The lowest BCUT2D eigenvalue weighted by Gasteiger charge is -2.11. The van der Waals surface area contributed by atoms with Crippen LogP contribution in [-0.2, 0) is 0 Å². The highest BCUT2D eigenvalue weighted by atomic mass is 16.5. The van der Waals surface area contributed by atoms with Gasteiger partial charge in [-0.3, -0.25) is 0 Å². The Morgan fingerprint density at radius 1 is 1.43 bits per heavy atom. The van der Waals surface area contributed by atoms with E-state index in [1.165, 1.54) is 0 Å². The molecule has 2 N–H and O–H groups in total. The van der Waals surface area contributed by atoms with Crippen molar-refractivity contribution in [2.75, 3.05) is 7.11 Å². The summed E-state index contributed by atoms with van der Waals surface area (Å²) >= 11 is 0. The minimum Gasteiger partial charge on any atom is -0.497 e. The first kappa shape index (κ1) is 10.4. The lowest BCUT2D eigenvalue weighted by atomic mass is 10.1. The van der Waals surface area contributed by atoms with E-state index in [-0.39, 0.29) is 6.04 Å². The van der Waals surface area contributed by atoms with Gasteiger partial charge in [0.1, 0.15) is 5.75 Å². The second-order valence-electron chi connectivity index (χ2n) is 2.94. The zero-order valence-electron chi connectivity index (χ0n) is 8.15. The summed E-state index contributed by atoms with van der Waals surface area (Å²) in [4.78, 5) is 10.4. The predicted molar refractivity (Wildman–Crippen MR) is 52.6 cm³/mol. The van der Waals surface area contributed by atoms with Crippen molar-refractivity contribution in [3.63, 3.8) is 0 Å². The standard InChI is InChI=1S/C10H13NO3/c1-7(11-10(12)13)8-3-5-9(14-2)6-4-8/h3-7,11H,1-2H3,(H,12,13)/t7-/m1/s1. The average molecular weight is 195 g/mol. The highest BCUT2D eigenvalue weighted by molar-refractivity contribution is 5.65. The van der Waals surface area contributed by atoms with Gasteiger partial charge in [0, 0.05) is 0 Å². The number of hydrogen-bond donors (Lipinski definition) is 2. The molecular formula is C10H13NO3. The van der Waals surface area contributed by atoms with Crippen LogP contribution in [0.1, 0.15) is 18.5 Å². The lowest BCUT2D eigenvalue weighted by molar-refractivity contribution is 0.191. The number of methoxy groups -OCH3 is 1. The molecule has 0 aliphatic heterocycles. The molecule has 0 radical (unpaired) electrons. The van der Waals surface area contributed by atoms with Crippen molar-refractivity contribution in [2.45, 2.75) is 13.0 Å². The maximum Gasteiger partial charge on any atom is 0.405 e. The average Bonchev–Trinajstić information content (AvgIpc) is 2.17. The van der Waals surface area contributed by atoms with E-state index in [0.717, 1.165) is 11.3 Å². The molecular weight excluding hydrogens is 182 g/mol. The Labute approximate surface area is 82.5 Å². The molecule has 4 heteroatoms. The minimum atomic E-state index is -1.02. The first-order chi connectivity index (χ1) is 6.63. The van der Waals surface area contributed by atoms with Crippen molar-refractivity contribution in [1.82, 2.24) is 5.32 Å². The highest BCUT2D eigenvalue weighted by Crippen LogP contribution is 2.16. The monoisotopic (exact) mass is 195 g/mol. The fraction of sp³-hybridized carbons (Fsp3) is 0.300. The smallest absolute Gasteiger partial charge is 0.405 e. The van der Waals surface area contributed by atoms with Gasteiger partial charge in [0.05, 0.1) is 13.2 Å². The van der Waals surface area contributed by atoms with Gasteiger partial charge in [-0.05, 0) is 24.6 Å². The summed E-state index contributed by atoms with van der Waals surface area (Å²) in [6.07, 6.45) is -1.02. The quantitative estimate of drug-likeness (QED) is 0.775. The molecule has 0 aliphatic rings. The molecule has 76 valence electrons. The summed E-state index contributed by atoms with van der Waals surface area (Å²) < 4.78 is 4.99. The van der Waals surface area contributed by atoms with Crippen LogP contribution in [0.2, 0.25) is 0 Å². The van der Waals surface area contributed by atoms with Gasteiger partial charge in [0.2, 0.25) is 0 Å². The Morgan fingerprint density at radius 2 is 2.00 bits per heavy atom. The van der Waals surface area contributed by atoms with Crippen molar-refractivity contribution in [3.05, 3.63) is 29.8 Å². The summed E-state index contributed by atoms with van der Waals surface area (Å²) in [5.41, 5.74) is 0.910. The molecule has 1 aromatic carbocycles. The van der Waals surface area contributed by atoms with Crippen molar-refractivity contribution in [1.29, 1.82) is 0 Å². The first-order valence-corrected chi connectivity index (χ1v) is 4.27. The van der Waals surface area contributed by atoms with Crippen LogP contribution in [-0.4, -0.2) is 18.3 Å². The Hall–Kier alpha value is -1.71. The van der Waals surface area contributed by atoms with E-state index in [0.29, 0.717) is 0 Å². The number of hydrogen-bond acceptors (Lipinski definition) is 2. The number of carbonyl (C=O) groups is 1. The molecule has 0 saturated heterocycles. The lowest BCUT2D eigenvalue weighted by Crippen LogP contribution is -2.24. The first-order valence-electron chi connectivity index (χ1n) is 4.27. The summed E-state index contributed by atoms with van der Waals surface area (Å²) in [5, 5.41) is 10.9. The van der Waals surface area contributed by atoms with Gasteiger partial charge in [0.15, 0.2) is 0 Å². The Bertz CT molecular complexity index is 308. The van der Waals surface area contributed by atoms with Crippen LogP contribution in [0, 0.1) is 0 Å². The maximum absolute atomic E-state index is 10.4. The van der Waals surface area contributed by atoms with Crippen LogP contribution in [0.5, 0.6) is 5.75 Å². The molecule has 1 amide bonds. The summed E-state index contributed by atoms with van der Waals surface area (Å²) in [5.74, 6) is 0.760. The van der Waals surface area contributed by atoms with Crippen molar-refractivity contribution >= 4 is 6.09 Å². The summed E-state index contributed by atoms with van der Waals surface area (Å²) in [6.45, 7) is 1.79. The van der Waals surface area contributed by atoms with E-state index in [1.54, 1.807) is 26.2 Å². The van der Waals surface area contributed by atoms with Crippen LogP contribution in [0.4, 0.5) is 4.79 Å². The zero-order valence-corrected chi connectivity index (χ0v) is 8.15. The number of rotatable bonds is 3. The molecule has 0 fully saturated rings. The fourth-order valence-electron chi connectivity index (χ4n) is 1.16. The number of amides is 1. The van der Waals surface area contributed by atoms with Gasteiger partial charge < -0.3 is 15.2 Å². The van der Waals surface area contributed by atoms with Gasteiger partial charge in [0.25, 0.3) is 0 Å². The number of nitrogens with one attached hydrogen (secondary N) is 1. The summed E-state index contributed by atoms with van der Waals surface area (Å²) in [7, 11) is 1.59. The largest absolute Gasteiger partial charge is 0.497 e. The SMILES string of the molecule is COc1ccc([C@@H](C)NC(=O)O)cc1. The molecule has 0 saturated carbocycles. The molecule has 1 atom stereocenters. The molecule has 0 bridgehead atoms. The van der Waals surface area contributed by atoms with E-state index < -0.39 is 6.09 Å². The van der Waals surface area contributed by atoms with E-state index in [4.69, 9.17) is 9.84 Å². The third kappa shape index (κ3) is 2.65. The van der Waals surface area contributed by atoms with Crippen molar-refractivity contribution in [3.8, 4) is 5.75 Å². The van der Waals surface area contributed by atoms with Gasteiger partial charge in [-0.15, -0.1) is 0 Å². The highest BCUT2D eigenvalue weighted by Gasteiger charge is 2.07. The second-order valence-corrected chi connectivity index (χ2v) is 2.94. The fourth-order valence-corrected chi connectivity index (χ4v) is 1.16. The third-order valence-electron chi connectivity index (χ3n) is 1.96. The minimum absolute atomic E-state index is 0.210. The molecule has 0 aromatic heterocycles. The second kappa shape index (κ2) is 4.50. The topological polar surface area (TPSA) is 58.6 Å². The Morgan fingerprint density at radius 3 is 2.43 bits per heavy atom.